The number of nitrogens with zero attached hydrogens (tertiary/aromatic N) is 1. The lowest BCUT2D eigenvalue weighted by Crippen LogP contribution is -1.97. The number of aromatic nitrogens is 1. The van der Waals surface area contributed by atoms with E-state index in [4.69, 9.17) is 13.9 Å². The first kappa shape index (κ1) is 27.1. The molecule has 0 saturated heterocycles. The van der Waals surface area contributed by atoms with Crippen molar-refractivity contribution in [3.63, 3.8) is 0 Å². The van der Waals surface area contributed by atoms with Crippen molar-refractivity contribution in [3.8, 4) is 23.0 Å². The minimum absolute atomic E-state index is 0.627. The molecule has 0 atom stereocenters. The van der Waals surface area contributed by atoms with E-state index >= 15 is 0 Å². The van der Waals surface area contributed by atoms with Gasteiger partial charge in [0, 0.05) is 11.6 Å². The number of unbranched alkanes of at least 4 members (excludes halogenated alkanes) is 12. The number of hydrogen-bond acceptors (Lipinski definition) is 4. The molecular weight excluding hydrogens is 434 g/mol. The zero-order valence-corrected chi connectivity index (χ0v) is 22.0. The third-order valence-corrected chi connectivity index (χ3v) is 6.49. The molecule has 3 aromatic rings. The Morgan fingerprint density at radius 3 is 1.71 bits per heavy atom. The maximum atomic E-state index is 5.98. The summed E-state index contributed by atoms with van der Waals surface area (Å²) >= 11 is 0. The van der Waals surface area contributed by atoms with Crippen molar-refractivity contribution >= 4 is 11.1 Å². The molecule has 0 aliphatic rings. The average Bonchev–Trinajstić information content (AvgIpc) is 3.31. The summed E-state index contributed by atoms with van der Waals surface area (Å²) in [6, 6.07) is 13.9. The van der Waals surface area contributed by atoms with Gasteiger partial charge in [0.25, 0.3) is 0 Å². The second-order valence-electron chi connectivity index (χ2n) is 9.61. The maximum Gasteiger partial charge on any atom is 0.227 e. The van der Waals surface area contributed by atoms with Crippen LogP contribution < -0.4 is 9.47 Å². The minimum atomic E-state index is 0.627. The van der Waals surface area contributed by atoms with Gasteiger partial charge in [-0.3, -0.25) is 0 Å². The number of rotatable bonds is 19. The van der Waals surface area contributed by atoms with Gasteiger partial charge in [-0.15, -0.1) is 0 Å². The van der Waals surface area contributed by atoms with E-state index in [1.807, 2.05) is 42.5 Å². The van der Waals surface area contributed by atoms with E-state index in [1.165, 1.54) is 77.0 Å². The molecule has 0 unspecified atom stereocenters. The van der Waals surface area contributed by atoms with E-state index < -0.39 is 0 Å². The van der Waals surface area contributed by atoms with Crippen molar-refractivity contribution in [2.24, 2.45) is 0 Å². The first-order valence-electron chi connectivity index (χ1n) is 14.1. The predicted molar refractivity (Wildman–Crippen MR) is 146 cm³/mol. The number of hydrogen-bond donors (Lipinski definition) is 0. The van der Waals surface area contributed by atoms with Crippen LogP contribution in [-0.4, -0.2) is 18.2 Å². The van der Waals surface area contributed by atoms with Crippen LogP contribution in [0.3, 0.4) is 0 Å². The smallest absolute Gasteiger partial charge is 0.227 e. The van der Waals surface area contributed by atoms with Gasteiger partial charge in [0.2, 0.25) is 5.89 Å². The first-order chi connectivity index (χ1) is 17.3. The summed E-state index contributed by atoms with van der Waals surface area (Å²) in [5, 5.41) is 0. The van der Waals surface area contributed by atoms with Gasteiger partial charge in [0.15, 0.2) is 5.58 Å². The van der Waals surface area contributed by atoms with Crippen LogP contribution in [0.4, 0.5) is 0 Å². The Balaban J connectivity index is 1.39. The van der Waals surface area contributed by atoms with Crippen molar-refractivity contribution in [3.05, 3.63) is 42.5 Å². The molecule has 1 aromatic heterocycles. The molecule has 3 rings (SSSR count). The highest BCUT2D eigenvalue weighted by molar-refractivity contribution is 5.77. The van der Waals surface area contributed by atoms with Crippen LogP contribution in [0.5, 0.6) is 11.5 Å². The quantitative estimate of drug-likeness (QED) is 0.160. The third kappa shape index (κ3) is 9.95. The fourth-order valence-electron chi connectivity index (χ4n) is 4.31. The van der Waals surface area contributed by atoms with Gasteiger partial charge < -0.3 is 13.9 Å². The van der Waals surface area contributed by atoms with Crippen LogP contribution in [0.25, 0.3) is 22.6 Å². The molecule has 0 saturated carbocycles. The molecule has 0 bridgehead atoms. The molecule has 0 spiro atoms. The molecule has 0 aliphatic carbocycles. The fraction of sp³-hybridized carbons (Fsp3) is 0.581. The Morgan fingerprint density at radius 2 is 1.11 bits per heavy atom. The lowest BCUT2D eigenvalue weighted by molar-refractivity contribution is 0.304. The zero-order chi connectivity index (χ0) is 24.6. The third-order valence-electron chi connectivity index (χ3n) is 6.49. The highest BCUT2D eigenvalue weighted by Crippen LogP contribution is 2.28. The molecule has 2 aromatic carbocycles. The lowest BCUT2D eigenvalue weighted by atomic mass is 10.1. The molecule has 0 radical (unpaired) electrons. The minimum Gasteiger partial charge on any atom is -0.494 e. The second kappa shape index (κ2) is 16.2. The number of fused-ring (bicyclic) bond motifs is 1. The van der Waals surface area contributed by atoms with E-state index in [9.17, 15) is 0 Å². The van der Waals surface area contributed by atoms with Gasteiger partial charge in [0.1, 0.15) is 17.0 Å². The van der Waals surface area contributed by atoms with E-state index in [2.05, 4.69) is 18.8 Å². The Bertz CT molecular complexity index is 948. The van der Waals surface area contributed by atoms with Gasteiger partial charge in [-0.1, -0.05) is 90.9 Å². The first-order valence-corrected chi connectivity index (χ1v) is 14.1. The summed E-state index contributed by atoms with van der Waals surface area (Å²) in [6.45, 7) is 6.04. The Hall–Kier alpha value is -2.49. The molecule has 1 heterocycles. The Morgan fingerprint density at radius 1 is 0.600 bits per heavy atom. The molecule has 0 amide bonds. The largest absolute Gasteiger partial charge is 0.494 e. The van der Waals surface area contributed by atoms with Crippen molar-refractivity contribution in [1.82, 2.24) is 4.98 Å². The predicted octanol–water partition coefficient (Wildman–Crippen LogP) is 9.75. The van der Waals surface area contributed by atoms with E-state index in [0.717, 1.165) is 54.2 Å². The molecule has 192 valence electrons. The van der Waals surface area contributed by atoms with Crippen molar-refractivity contribution in [2.75, 3.05) is 13.2 Å². The normalized spacial score (nSPS) is 11.3. The zero-order valence-electron chi connectivity index (χ0n) is 22.0. The molecular formula is C31H45NO3. The van der Waals surface area contributed by atoms with Crippen LogP contribution in [0.1, 0.15) is 104 Å². The fourth-order valence-corrected chi connectivity index (χ4v) is 4.31. The topological polar surface area (TPSA) is 44.5 Å². The lowest BCUT2D eigenvalue weighted by Gasteiger charge is -2.06. The Labute approximate surface area is 212 Å². The summed E-state index contributed by atoms with van der Waals surface area (Å²) in [6.07, 6.45) is 18.0. The second-order valence-corrected chi connectivity index (χ2v) is 9.61. The summed E-state index contributed by atoms with van der Waals surface area (Å²) in [5.74, 6) is 2.39. The van der Waals surface area contributed by atoms with Crippen LogP contribution in [-0.2, 0) is 0 Å². The highest BCUT2D eigenvalue weighted by atomic mass is 16.5. The van der Waals surface area contributed by atoms with Gasteiger partial charge in [-0.2, -0.15) is 0 Å². The van der Waals surface area contributed by atoms with Crippen LogP contribution in [0.2, 0.25) is 0 Å². The SMILES string of the molecule is CCCCCCCCCCOc1ccc(-c2nc3cc(OCCCCCCCC)ccc3o2)cc1. The number of benzene rings is 2. The average molecular weight is 480 g/mol. The van der Waals surface area contributed by atoms with Gasteiger partial charge in [0.05, 0.1) is 13.2 Å². The monoisotopic (exact) mass is 479 g/mol. The van der Waals surface area contributed by atoms with Gasteiger partial charge in [-0.25, -0.2) is 4.98 Å². The van der Waals surface area contributed by atoms with E-state index in [-0.39, 0.29) is 0 Å². The van der Waals surface area contributed by atoms with Gasteiger partial charge in [-0.05, 0) is 49.2 Å². The summed E-state index contributed by atoms with van der Waals surface area (Å²) in [7, 11) is 0. The summed E-state index contributed by atoms with van der Waals surface area (Å²) in [5.41, 5.74) is 2.56. The van der Waals surface area contributed by atoms with Crippen molar-refractivity contribution in [1.29, 1.82) is 0 Å². The van der Waals surface area contributed by atoms with Crippen molar-refractivity contribution < 1.29 is 13.9 Å². The van der Waals surface area contributed by atoms with Crippen molar-refractivity contribution in [2.45, 2.75) is 104 Å². The van der Waals surface area contributed by atoms with E-state index in [0.29, 0.717) is 5.89 Å². The van der Waals surface area contributed by atoms with E-state index in [1.54, 1.807) is 0 Å². The Kier molecular flexibility index (Phi) is 12.6. The standard InChI is InChI=1S/C31H45NO3/c1-3-5-7-9-11-12-14-15-23-33-27-19-17-26(18-20-27)31-32-29-25-28(21-22-30(29)35-31)34-24-16-13-10-8-6-4-2/h17-22,25H,3-16,23-24H2,1-2H3. The summed E-state index contributed by atoms with van der Waals surface area (Å²) in [4.78, 5) is 4.69. The molecule has 0 fully saturated rings. The van der Waals surface area contributed by atoms with Crippen LogP contribution in [0.15, 0.2) is 46.9 Å². The molecule has 0 aliphatic heterocycles. The van der Waals surface area contributed by atoms with Crippen LogP contribution in [0, 0.1) is 0 Å². The molecule has 4 nitrogen and oxygen atoms in total. The number of ether oxygens (including phenoxy) is 2. The molecule has 0 N–H and O–H groups in total. The maximum absolute atomic E-state index is 5.98. The number of oxazole rings is 1. The van der Waals surface area contributed by atoms with Gasteiger partial charge >= 0.3 is 0 Å². The highest BCUT2D eigenvalue weighted by Gasteiger charge is 2.10. The molecule has 35 heavy (non-hydrogen) atoms. The summed E-state index contributed by atoms with van der Waals surface area (Å²) < 4.78 is 17.8. The van der Waals surface area contributed by atoms with Crippen LogP contribution >= 0.6 is 0 Å². The molecule has 4 heteroatoms.